The van der Waals surface area contributed by atoms with Gasteiger partial charge in [0.1, 0.15) is 5.75 Å². The number of carbonyl (C=O) groups is 1. The normalized spacial score (nSPS) is 20.3. The summed E-state index contributed by atoms with van der Waals surface area (Å²) in [5.74, 6) is 0.587. The van der Waals surface area contributed by atoms with E-state index in [1.807, 2.05) is 18.2 Å². The van der Waals surface area contributed by atoms with Crippen LogP contribution in [0.2, 0.25) is 0 Å². The Labute approximate surface area is 131 Å². The number of hydrogen-bond donors (Lipinski definition) is 1. The van der Waals surface area contributed by atoms with Crippen LogP contribution in [0.4, 0.5) is 19.3 Å². The van der Waals surface area contributed by atoms with E-state index in [-0.39, 0.29) is 19.1 Å². The number of amides is 2. The van der Waals surface area contributed by atoms with E-state index in [0.717, 1.165) is 4.90 Å². The fraction of sp³-hybridized carbons (Fsp3) is 0.267. The lowest BCUT2D eigenvalue weighted by molar-refractivity contribution is 0.217. The van der Waals surface area contributed by atoms with Gasteiger partial charge in [0.15, 0.2) is 12.3 Å². The fourth-order valence-corrected chi connectivity index (χ4v) is 2.12. The SMILES string of the molecule is O=C(Nc1cnc(Oc2ccccc2)nc1)N1C[C@@H](F)[C@@H](F)C1. The van der Waals surface area contributed by atoms with Gasteiger partial charge in [0.2, 0.25) is 0 Å². The van der Waals surface area contributed by atoms with Gasteiger partial charge < -0.3 is 15.0 Å². The molecule has 0 spiro atoms. The molecule has 6 nitrogen and oxygen atoms in total. The molecule has 1 aliphatic heterocycles. The number of aromatic nitrogens is 2. The number of urea groups is 1. The van der Waals surface area contributed by atoms with E-state index < -0.39 is 18.4 Å². The quantitative estimate of drug-likeness (QED) is 0.944. The summed E-state index contributed by atoms with van der Waals surface area (Å²) in [4.78, 5) is 20.9. The summed E-state index contributed by atoms with van der Waals surface area (Å²) >= 11 is 0. The van der Waals surface area contributed by atoms with Crippen molar-refractivity contribution in [1.82, 2.24) is 14.9 Å². The molecule has 8 heteroatoms. The first-order valence-electron chi connectivity index (χ1n) is 7.01. The van der Waals surface area contributed by atoms with E-state index >= 15 is 0 Å². The average molecular weight is 320 g/mol. The average Bonchev–Trinajstić information content (AvgIpc) is 2.90. The van der Waals surface area contributed by atoms with Gasteiger partial charge in [0, 0.05) is 0 Å². The number of rotatable bonds is 3. The number of benzene rings is 1. The summed E-state index contributed by atoms with van der Waals surface area (Å²) in [7, 11) is 0. The van der Waals surface area contributed by atoms with Crippen molar-refractivity contribution in [1.29, 1.82) is 0 Å². The van der Waals surface area contributed by atoms with Crippen LogP contribution < -0.4 is 10.1 Å². The van der Waals surface area contributed by atoms with E-state index in [4.69, 9.17) is 4.74 Å². The van der Waals surface area contributed by atoms with E-state index in [1.165, 1.54) is 12.4 Å². The second kappa shape index (κ2) is 6.55. The Morgan fingerprint density at radius 3 is 2.35 bits per heavy atom. The van der Waals surface area contributed by atoms with E-state index in [9.17, 15) is 13.6 Å². The van der Waals surface area contributed by atoms with Crippen LogP contribution in [0.25, 0.3) is 0 Å². The van der Waals surface area contributed by atoms with E-state index in [1.54, 1.807) is 12.1 Å². The van der Waals surface area contributed by atoms with Crippen molar-refractivity contribution < 1.29 is 18.3 Å². The molecular weight excluding hydrogens is 306 g/mol. The molecule has 1 saturated heterocycles. The lowest BCUT2D eigenvalue weighted by Gasteiger charge is -2.15. The van der Waals surface area contributed by atoms with Gasteiger partial charge in [-0.25, -0.2) is 23.5 Å². The van der Waals surface area contributed by atoms with Crippen LogP contribution in [0.15, 0.2) is 42.7 Å². The molecule has 2 heterocycles. The molecule has 0 unspecified atom stereocenters. The van der Waals surface area contributed by atoms with Crippen LogP contribution in [-0.4, -0.2) is 46.3 Å². The van der Waals surface area contributed by atoms with E-state index in [0.29, 0.717) is 11.4 Å². The van der Waals surface area contributed by atoms with Crippen LogP contribution in [0.3, 0.4) is 0 Å². The highest BCUT2D eigenvalue weighted by Crippen LogP contribution is 2.19. The molecule has 1 N–H and O–H groups in total. The highest BCUT2D eigenvalue weighted by Gasteiger charge is 2.35. The predicted octanol–water partition coefficient (Wildman–Crippen LogP) is 2.79. The number of likely N-dealkylation sites (tertiary alicyclic amines) is 1. The second-order valence-corrected chi connectivity index (χ2v) is 5.04. The van der Waals surface area contributed by atoms with Crippen molar-refractivity contribution in [3.63, 3.8) is 0 Å². The summed E-state index contributed by atoms with van der Waals surface area (Å²) in [6.45, 7) is -0.522. The van der Waals surface area contributed by atoms with Crippen molar-refractivity contribution in [2.24, 2.45) is 0 Å². The monoisotopic (exact) mass is 320 g/mol. The smallest absolute Gasteiger partial charge is 0.322 e. The third-order valence-electron chi connectivity index (χ3n) is 3.30. The summed E-state index contributed by atoms with van der Waals surface area (Å²) < 4.78 is 31.6. The highest BCUT2D eigenvalue weighted by atomic mass is 19.2. The van der Waals surface area contributed by atoms with Gasteiger partial charge in [0.05, 0.1) is 31.2 Å². The Kier molecular flexibility index (Phi) is 4.31. The van der Waals surface area contributed by atoms with Crippen molar-refractivity contribution in [2.75, 3.05) is 18.4 Å². The Morgan fingerprint density at radius 2 is 1.74 bits per heavy atom. The number of hydrogen-bond acceptors (Lipinski definition) is 4. The van der Waals surface area contributed by atoms with Crippen LogP contribution in [0.5, 0.6) is 11.8 Å². The van der Waals surface area contributed by atoms with Gasteiger partial charge >= 0.3 is 12.0 Å². The van der Waals surface area contributed by atoms with Gasteiger partial charge in [-0.2, -0.15) is 0 Å². The first-order chi connectivity index (χ1) is 11.1. The Morgan fingerprint density at radius 1 is 1.13 bits per heavy atom. The third-order valence-corrected chi connectivity index (χ3v) is 3.30. The zero-order valence-electron chi connectivity index (χ0n) is 12.0. The van der Waals surface area contributed by atoms with Crippen molar-refractivity contribution in [2.45, 2.75) is 12.3 Å². The van der Waals surface area contributed by atoms with Crippen molar-refractivity contribution >= 4 is 11.7 Å². The first-order valence-corrected chi connectivity index (χ1v) is 7.01. The summed E-state index contributed by atoms with van der Waals surface area (Å²) in [5.41, 5.74) is 0.313. The maximum absolute atomic E-state index is 13.1. The van der Waals surface area contributed by atoms with Gasteiger partial charge in [-0.3, -0.25) is 0 Å². The van der Waals surface area contributed by atoms with Crippen LogP contribution >= 0.6 is 0 Å². The van der Waals surface area contributed by atoms with Crippen LogP contribution in [0, 0.1) is 0 Å². The lowest BCUT2D eigenvalue weighted by atomic mass is 10.3. The number of ether oxygens (including phenoxy) is 1. The van der Waals surface area contributed by atoms with Crippen molar-refractivity contribution in [3.05, 3.63) is 42.7 Å². The van der Waals surface area contributed by atoms with Gasteiger partial charge in [-0.1, -0.05) is 18.2 Å². The fourth-order valence-electron chi connectivity index (χ4n) is 2.12. The Hall–Kier alpha value is -2.77. The minimum absolute atomic E-state index is 0.128. The molecule has 0 bridgehead atoms. The number of nitrogens with one attached hydrogen (secondary N) is 1. The zero-order valence-corrected chi connectivity index (χ0v) is 12.0. The molecule has 1 aliphatic rings. The molecule has 120 valence electrons. The molecule has 0 radical (unpaired) electrons. The standard InChI is InChI=1S/C15H14F2N4O2/c16-12-8-21(9-13(12)17)15(22)20-10-6-18-14(19-7-10)23-11-4-2-1-3-5-11/h1-7,12-13H,8-9H2,(H,20,22)/t12-,13+. The third kappa shape index (κ3) is 3.71. The number of alkyl halides is 2. The zero-order chi connectivity index (χ0) is 16.2. The van der Waals surface area contributed by atoms with Gasteiger partial charge in [-0.15, -0.1) is 0 Å². The molecular formula is C15H14F2N4O2. The maximum atomic E-state index is 13.1. The number of carbonyl (C=O) groups excluding carboxylic acids is 1. The van der Waals surface area contributed by atoms with Crippen LogP contribution in [-0.2, 0) is 0 Å². The largest absolute Gasteiger partial charge is 0.424 e. The summed E-state index contributed by atoms with van der Waals surface area (Å²) in [6, 6.07) is 8.54. The van der Waals surface area contributed by atoms with Crippen molar-refractivity contribution in [3.8, 4) is 11.8 Å². The Bertz CT molecular complexity index is 659. The topological polar surface area (TPSA) is 67.3 Å². The first kappa shape index (κ1) is 15.1. The number of anilines is 1. The number of nitrogens with zero attached hydrogens (tertiary/aromatic N) is 3. The van der Waals surface area contributed by atoms with E-state index in [2.05, 4.69) is 15.3 Å². The number of para-hydroxylation sites is 1. The lowest BCUT2D eigenvalue weighted by Crippen LogP contribution is -2.33. The second-order valence-electron chi connectivity index (χ2n) is 5.04. The van der Waals surface area contributed by atoms with Gasteiger partial charge in [0.25, 0.3) is 0 Å². The molecule has 23 heavy (non-hydrogen) atoms. The molecule has 1 aromatic carbocycles. The molecule has 3 rings (SSSR count). The summed E-state index contributed by atoms with van der Waals surface area (Å²) in [5, 5.41) is 2.49. The summed E-state index contributed by atoms with van der Waals surface area (Å²) in [6.07, 6.45) is -0.560. The minimum Gasteiger partial charge on any atom is -0.424 e. The predicted molar refractivity (Wildman–Crippen MR) is 78.9 cm³/mol. The highest BCUT2D eigenvalue weighted by molar-refractivity contribution is 5.89. The molecule has 1 aromatic heterocycles. The van der Waals surface area contributed by atoms with Gasteiger partial charge in [-0.05, 0) is 12.1 Å². The molecule has 0 saturated carbocycles. The maximum Gasteiger partial charge on any atom is 0.322 e. The molecule has 0 aliphatic carbocycles. The molecule has 2 amide bonds. The minimum atomic E-state index is -1.64. The van der Waals surface area contributed by atoms with Crippen LogP contribution in [0.1, 0.15) is 0 Å². The molecule has 1 fully saturated rings. The Balaban J connectivity index is 1.58. The molecule has 2 atom stereocenters. The number of halogens is 2. The molecule has 2 aromatic rings.